The SMILES string of the molecule is COCCN1CCC2(CCN(Cc3c(C)noc3C)CC2)C1=O.O=C(O)C(F)(F)F. The predicted octanol–water partition coefficient (Wildman–Crippen LogP) is 2.39. The molecule has 0 aromatic carbocycles. The molecule has 8 nitrogen and oxygen atoms in total. The van der Waals surface area contributed by atoms with Crippen molar-refractivity contribution in [3.63, 3.8) is 0 Å². The molecule has 2 aliphatic heterocycles. The first-order chi connectivity index (χ1) is 14.0. The zero-order valence-electron chi connectivity index (χ0n) is 17.4. The minimum Gasteiger partial charge on any atom is -0.475 e. The van der Waals surface area contributed by atoms with Crippen LogP contribution in [0.25, 0.3) is 0 Å². The fourth-order valence-electron chi connectivity index (χ4n) is 3.86. The second kappa shape index (κ2) is 9.78. The van der Waals surface area contributed by atoms with Crippen LogP contribution in [0.4, 0.5) is 13.2 Å². The van der Waals surface area contributed by atoms with E-state index in [1.54, 1.807) is 7.11 Å². The number of methoxy groups -OCH3 is 1. The summed E-state index contributed by atoms with van der Waals surface area (Å²) in [6.45, 7) is 8.99. The second-order valence-corrected chi connectivity index (χ2v) is 7.70. The maximum Gasteiger partial charge on any atom is 0.490 e. The Hall–Kier alpha value is -2.14. The highest BCUT2D eigenvalue weighted by molar-refractivity contribution is 5.85. The number of likely N-dealkylation sites (tertiary alicyclic amines) is 2. The van der Waals surface area contributed by atoms with Gasteiger partial charge in [0.25, 0.3) is 0 Å². The topological polar surface area (TPSA) is 96.1 Å². The minimum absolute atomic E-state index is 0.122. The normalized spacial score (nSPS) is 19.1. The van der Waals surface area contributed by atoms with Gasteiger partial charge in [-0.3, -0.25) is 9.69 Å². The molecule has 1 spiro atoms. The number of hydrogen-bond donors (Lipinski definition) is 1. The van der Waals surface area contributed by atoms with E-state index < -0.39 is 12.1 Å². The van der Waals surface area contributed by atoms with Crippen LogP contribution in [0.3, 0.4) is 0 Å². The van der Waals surface area contributed by atoms with Crippen LogP contribution in [0.15, 0.2) is 4.52 Å². The zero-order chi connectivity index (χ0) is 22.5. The summed E-state index contributed by atoms with van der Waals surface area (Å²) in [6.07, 6.45) is -2.17. The number of piperidine rings is 1. The quantitative estimate of drug-likeness (QED) is 0.759. The third-order valence-electron chi connectivity index (χ3n) is 5.79. The summed E-state index contributed by atoms with van der Waals surface area (Å²) in [7, 11) is 1.68. The number of carbonyl (C=O) groups excluding carboxylic acids is 1. The number of carboxylic acids is 1. The highest BCUT2D eigenvalue weighted by Gasteiger charge is 2.47. The van der Waals surface area contributed by atoms with Gasteiger partial charge >= 0.3 is 12.1 Å². The predicted molar refractivity (Wildman–Crippen MR) is 99.7 cm³/mol. The molecule has 0 unspecified atom stereocenters. The van der Waals surface area contributed by atoms with Gasteiger partial charge in [-0.15, -0.1) is 0 Å². The molecule has 0 radical (unpaired) electrons. The number of carboxylic acid groups (broad SMARTS) is 1. The van der Waals surface area contributed by atoms with Crippen LogP contribution in [-0.4, -0.2) is 78.0 Å². The molecule has 1 amide bonds. The number of ether oxygens (including phenoxy) is 1. The van der Waals surface area contributed by atoms with Gasteiger partial charge in [-0.25, -0.2) is 4.79 Å². The second-order valence-electron chi connectivity index (χ2n) is 7.70. The van der Waals surface area contributed by atoms with E-state index >= 15 is 0 Å². The van der Waals surface area contributed by atoms with Gasteiger partial charge in [-0.05, 0) is 46.2 Å². The Labute approximate surface area is 172 Å². The fourth-order valence-corrected chi connectivity index (χ4v) is 3.86. The molecule has 3 rings (SSSR count). The average Bonchev–Trinajstić information content (AvgIpc) is 3.16. The summed E-state index contributed by atoms with van der Waals surface area (Å²) in [5, 5.41) is 11.2. The molecule has 1 aromatic heterocycles. The van der Waals surface area contributed by atoms with Crippen molar-refractivity contribution in [3.8, 4) is 0 Å². The number of alkyl halides is 3. The van der Waals surface area contributed by atoms with E-state index in [1.165, 1.54) is 5.56 Å². The van der Waals surface area contributed by atoms with E-state index in [0.717, 1.165) is 63.4 Å². The number of aliphatic carboxylic acids is 1. The van der Waals surface area contributed by atoms with Crippen molar-refractivity contribution in [2.24, 2.45) is 5.41 Å². The molecule has 2 fully saturated rings. The molecule has 170 valence electrons. The van der Waals surface area contributed by atoms with Crippen molar-refractivity contribution >= 4 is 11.9 Å². The van der Waals surface area contributed by atoms with E-state index in [0.29, 0.717) is 12.5 Å². The molecular formula is C19H28F3N3O5. The van der Waals surface area contributed by atoms with E-state index in [4.69, 9.17) is 19.2 Å². The van der Waals surface area contributed by atoms with Crippen LogP contribution in [-0.2, 0) is 20.9 Å². The lowest BCUT2D eigenvalue weighted by atomic mass is 9.77. The number of carbonyl (C=O) groups is 2. The molecule has 2 saturated heterocycles. The summed E-state index contributed by atoms with van der Waals surface area (Å²) in [4.78, 5) is 26.0. The lowest BCUT2D eigenvalue weighted by Gasteiger charge is -2.38. The summed E-state index contributed by atoms with van der Waals surface area (Å²) >= 11 is 0. The molecule has 30 heavy (non-hydrogen) atoms. The molecule has 2 aliphatic rings. The van der Waals surface area contributed by atoms with Gasteiger partial charge in [0, 0.05) is 32.3 Å². The van der Waals surface area contributed by atoms with Crippen molar-refractivity contribution in [2.75, 3.05) is 39.9 Å². The molecule has 3 heterocycles. The largest absolute Gasteiger partial charge is 0.490 e. The van der Waals surface area contributed by atoms with Crippen LogP contribution in [0.2, 0.25) is 0 Å². The van der Waals surface area contributed by atoms with Crippen LogP contribution < -0.4 is 0 Å². The Kier molecular flexibility index (Phi) is 7.87. The number of amides is 1. The lowest BCUT2D eigenvalue weighted by Crippen LogP contribution is -2.44. The lowest BCUT2D eigenvalue weighted by molar-refractivity contribution is -0.192. The molecule has 0 saturated carbocycles. The van der Waals surface area contributed by atoms with Crippen LogP contribution >= 0.6 is 0 Å². The van der Waals surface area contributed by atoms with Crippen molar-refractivity contribution in [3.05, 3.63) is 17.0 Å². The molecule has 0 atom stereocenters. The van der Waals surface area contributed by atoms with E-state index in [9.17, 15) is 18.0 Å². The number of nitrogens with zero attached hydrogens (tertiary/aromatic N) is 3. The highest BCUT2D eigenvalue weighted by Crippen LogP contribution is 2.41. The Morgan fingerprint density at radius 3 is 2.27 bits per heavy atom. The summed E-state index contributed by atoms with van der Waals surface area (Å²) in [5.41, 5.74) is 2.05. The van der Waals surface area contributed by atoms with Crippen LogP contribution in [0.1, 0.15) is 36.3 Å². The minimum atomic E-state index is -5.08. The van der Waals surface area contributed by atoms with Gasteiger partial charge < -0.3 is 19.3 Å². The van der Waals surface area contributed by atoms with Gasteiger partial charge in [0.15, 0.2) is 0 Å². The highest BCUT2D eigenvalue weighted by atomic mass is 19.4. The number of aromatic nitrogens is 1. The van der Waals surface area contributed by atoms with E-state index in [1.807, 2.05) is 18.7 Å². The number of halogens is 3. The number of aryl methyl sites for hydroxylation is 2. The van der Waals surface area contributed by atoms with Crippen molar-refractivity contribution in [1.29, 1.82) is 0 Å². The summed E-state index contributed by atoms with van der Waals surface area (Å²) < 4.78 is 42.1. The fraction of sp³-hybridized carbons (Fsp3) is 0.737. The third kappa shape index (κ3) is 5.72. The maximum atomic E-state index is 12.7. The number of hydrogen-bond acceptors (Lipinski definition) is 6. The molecule has 1 aromatic rings. The van der Waals surface area contributed by atoms with Gasteiger partial charge in [-0.2, -0.15) is 13.2 Å². The maximum absolute atomic E-state index is 12.7. The molecular weight excluding hydrogens is 407 g/mol. The van der Waals surface area contributed by atoms with Gasteiger partial charge in [-0.1, -0.05) is 5.16 Å². The smallest absolute Gasteiger partial charge is 0.475 e. The van der Waals surface area contributed by atoms with Crippen molar-refractivity contribution in [2.45, 2.75) is 45.8 Å². The van der Waals surface area contributed by atoms with Gasteiger partial charge in [0.05, 0.1) is 17.7 Å². The first-order valence-corrected chi connectivity index (χ1v) is 9.72. The Balaban J connectivity index is 0.000000396. The van der Waals surface area contributed by atoms with Crippen molar-refractivity contribution in [1.82, 2.24) is 15.0 Å². The van der Waals surface area contributed by atoms with E-state index in [-0.39, 0.29) is 5.41 Å². The van der Waals surface area contributed by atoms with Crippen molar-refractivity contribution < 1.29 is 37.1 Å². The first kappa shape index (κ1) is 24.1. The Morgan fingerprint density at radius 1 is 1.23 bits per heavy atom. The van der Waals surface area contributed by atoms with Crippen LogP contribution in [0.5, 0.6) is 0 Å². The Bertz CT molecular complexity index is 723. The molecule has 0 aliphatic carbocycles. The summed E-state index contributed by atoms with van der Waals surface area (Å²) in [6, 6.07) is 0. The Morgan fingerprint density at radius 2 is 1.80 bits per heavy atom. The van der Waals surface area contributed by atoms with E-state index in [2.05, 4.69) is 10.1 Å². The molecule has 0 bridgehead atoms. The van der Waals surface area contributed by atoms with Gasteiger partial charge in [0.2, 0.25) is 5.91 Å². The average molecular weight is 435 g/mol. The standard InChI is InChI=1S/C17H27N3O3.C2HF3O2/c1-13-15(14(2)23-18-13)12-19-7-4-17(5-8-19)6-9-20(16(17)21)10-11-22-3;3-2(4,5)1(6)7/h4-12H2,1-3H3;(H,6,7). The summed E-state index contributed by atoms with van der Waals surface area (Å²) in [5.74, 6) is -1.51. The first-order valence-electron chi connectivity index (χ1n) is 9.72. The van der Waals surface area contributed by atoms with Crippen LogP contribution in [0, 0.1) is 19.3 Å². The third-order valence-corrected chi connectivity index (χ3v) is 5.79. The number of rotatable bonds is 5. The zero-order valence-corrected chi connectivity index (χ0v) is 17.4. The molecule has 11 heteroatoms. The van der Waals surface area contributed by atoms with Gasteiger partial charge in [0.1, 0.15) is 5.76 Å². The molecule has 1 N–H and O–H groups in total. The monoisotopic (exact) mass is 435 g/mol.